The zero-order valence-electron chi connectivity index (χ0n) is 12.1. The van der Waals surface area contributed by atoms with Crippen LogP contribution in [-0.2, 0) is 20.6 Å². The van der Waals surface area contributed by atoms with Crippen molar-refractivity contribution in [2.45, 2.75) is 38.5 Å². The van der Waals surface area contributed by atoms with E-state index < -0.39 is 50.8 Å². The minimum atomic E-state index is -4.86. The van der Waals surface area contributed by atoms with Gasteiger partial charge in [-0.05, 0) is 6.92 Å². The molecule has 1 saturated heterocycles. The fraction of sp³-hybridized carbons (Fsp3) is 0.636. The molecule has 0 bridgehead atoms. The summed E-state index contributed by atoms with van der Waals surface area (Å²) in [6.07, 6.45) is -1.53. The summed E-state index contributed by atoms with van der Waals surface area (Å²) in [4.78, 5) is 41.6. The van der Waals surface area contributed by atoms with Gasteiger partial charge in [0.05, 0.1) is 12.7 Å². The third-order valence-corrected chi connectivity index (χ3v) is 3.87. The number of aliphatic hydroxyl groups is 2. The first-order chi connectivity index (χ1) is 10.6. The molecule has 3 atom stereocenters. The predicted octanol–water partition coefficient (Wildman–Crippen LogP) is -1.97. The molecule has 1 aliphatic heterocycles. The van der Waals surface area contributed by atoms with Gasteiger partial charge in [-0.2, -0.15) is 0 Å². The maximum Gasteiger partial charge on any atom is 0.471 e. The van der Waals surface area contributed by atoms with Crippen LogP contribution in [-0.4, -0.2) is 47.9 Å². The Labute approximate surface area is 129 Å². The SMILES string of the molecule is Cc1cn([C@H]2CC(O)[C@@H](CO)O2)c(=O)n(COP(=O)(O)O)c1=O. The molecule has 4 N–H and O–H groups in total. The largest absolute Gasteiger partial charge is 0.471 e. The Bertz CT molecular complexity index is 736. The summed E-state index contributed by atoms with van der Waals surface area (Å²) in [5.41, 5.74) is -1.56. The van der Waals surface area contributed by atoms with E-state index in [-0.39, 0.29) is 12.0 Å². The first-order valence-electron chi connectivity index (χ1n) is 6.61. The van der Waals surface area contributed by atoms with E-state index in [9.17, 15) is 19.3 Å². The fourth-order valence-electron chi connectivity index (χ4n) is 2.26. The zero-order chi connectivity index (χ0) is 17.4. The number of phosphoric ester groups is 1. The summed E-state index contributed by atoms with van der Waals surface area (Å²) in [5, 5.41) is 18.8. The van der Waals surface area contributed by atoms with Crippen LogP contribution in [0, 0.1) is 6.92 Å². The summed E-state index contributed by atoms with van der Waals surface area (Å²) in [6, 6.07) is 0. The van der Waals surface area contributed by atoms with Crippen LogP contribution < -0.4 is 11.2 Å². The molecule has 12 heteroatoms. The Morgan fingerprint density at radius 1 is 1.43 bits per heavy atom. The molecular weight excluding hydrogens is 335 g/mol. The fourth-order valence-corrected chi connectivity index (χ4v) is 2.53. The van der Waals surface area contributed by atoms with E-state index in [1.165, 1.54) is 13.1 Å². The third-order valence-electron chi connectivity index (χ3n) is 3.42. The molecule has 130 valence electrons. The number of nitrogens with zero attached hydrogens (tertiary/aromatic N) is 2. The maximum atomic E-state index is 12.3. The van der Waals surface area contributed by atoms with Crippen molar-refractivity contribution in [3.8, 4) is 0 Å². The Balaban J connectivity index is 2.39. The molecule has 11 nitrogen and oxygen atoms in total. The van der Waals surface area contributed by atoms with Gasteiger partial charge in [0, 0.05) is 18.2 Å². The number of aromatic nitrogens is 2. The molecule has 2 heterocycles. The van der Waals surface area contributed by atoms with Crippen molar-refractivity contribution in [1.82, 2.24) is 9.13 Å². The van der Waals surface area contributed by atoms with Crippen LogP contribution >= 0.6 is 7.82 Å². The van der Waals surface area contributed by atoms with Crippen molar-refractivity contribution in [3.05, 3.63) is 32.6 Å². The Morgan fingerprint density at radius 2 is 2.09 bits per heavy atom. The van der Waals surface area contributed by atoms with Crippen LogP contribution in [0.1, 0.15) is 18.2 Å². The number of aliphatic hydroxyl groups excluding tert-OH is 2. The van der Waals surface area contributed by atoms with E-state index in [0.717, 1.165) is 4.57 Å². The van der Waals surface area contributed by atoms with E-state index in [1.54, 1.807) is 0 Å². The van der Waals surface area contributed by atoms with Crippen LogP contribution in [0.3, 0.4) is 0 Å². The number of aryl methyl sites for hydroxylation is 1. The lowest BCUT2D eigenvalue weighted by atomic mass is 10.2. The quantitative estimate of drug-likeness (QED) is 0.440. The molecule has 1 aromatic heterocycles. The van der Waals surface area contributed by atoms with E-state index in [4.69, 9.17) is 19.6 Å². The second-order valence-electron chi connectivity index (χ2n) is 5.10. The highest BCUT2D eigenvalue weighted by Crippen LogP contribution is 2.35. The summed E-state index contributed by atoms with van der Waals surface area (Å²) in [5.74, 6) is 0. The molecular formula is C11H17N2O9P. The highest BCUT2D eigenvalue weighted by molar-refractivity contribution is 7.46. The number of phosphoric acid groups is 1. The molecule has 23 heavy (non-hydrogen) atoms. The number of hydrogen-bond acceptors (Lipinski definition) is 7. The van der Waals surface area contributed by atoms with Gasteiger partial charge in [0.15, 0.2) is 0 Å². The van der Waals surface area contributed by atoms with E-state index in [1.807, 2.05) is 0 Å². The smallest absolute Gasteiger partial charge is 0.394 e. The van der Waals surface area contributed by atoms with Crippen LogP contribution in [0.5, 0.6) is 0 Å². The van der Waals surface area contributed by atoms with Crippen molar-refractivity contribution in [3.63, 3.8) is 0 Å². The Hall–Kier alpha value is -1.33. The second-order valence-corrected chi connectivity index (χ2v) is 6.34. The number of hydrogen-bond donors (Lipinski definition) is 4. The Kier molecular flexibility index (Phi) is 5.21. The summed E-state index contributed by atoms with van der Waals surface area (Å²) < 4.78 is 21.8. The lowest BCUT2D eigenvalue weighted by Crippen LogP contribution is -2.42. The molecule has 0 aliphatic carbocycles. The van der Waals surface area contributed by atoms with Crippen molar-refractivity contribution in [2.75, 3.05) is 6.61 Å². The monoisotopic (exact) mass is 352 g/mol. The van der Waals surface area contributed by atoms with E-state index in [0.29, 0.717) is 4.57 Å². The van der Waals surface area contributed by atoms with Crippen molar-refractivity contribution in [1.29, 1.82) is 0 Å². The van der Waals surface area contributed by atoms with Gasteiger partial charge in [-0.15, -0.1) is 0 Å². The molecule has 1 aromatic rings. The van der Waals surface area contributed by atoms with E-state index in [2.05, 4.69) is 4.52 Å². The third kappa shape index (κ3) is 3.96. The molecule has 2 rings (SSSR count). The first kappa shape index (κ1) is 18.0. The van der Waals surface area contributed by atoms with Gasteiger partial charge in [0.2, 0.25) is 0 Å². The van der Waals surface area contributed by atoms with Gasteiger partial charge in [0.25, 0.3) is 5.56 Å². The van der Waals surface area contributed by atoms with Gasteiger partial charge < -0.3 is 24.7 Å². The van der Waals surface area contributed by atoms with Gasteiger partial charge in [-0.3, -0.25) is 13.9 Å². The molecule has 0 amide bonds. The van der Waals surface area contributed by atoms with Gasteiger partial charge >= 0.3 is 13.5 Å². The average Bonchev–Trinajstić information content (AvgIpc) is 2.82. The van der Waals surface area contributed by atoms with Crippen molar-refractivity contribution in [2.24, 2.45) is 0 Å². The average molecular weight is 352 g/mol. The van der Waals surface area contributed by atoms with Crippen LogP contribution in [0.2, 0.25) is 0 Å². The van der Waals surface area contributed by atoms with Crippen LogP contribution in [0.4, 0.5) is 0 Å². The lowest BCUT2D eigenvalue weighted by molar-refractivity contribution is -0.0467. The number of ether oxygens (including phenoxy) is 1. The highest BCUT2D eigenvalue weighted by atomic mass is 31.2. The Morgan fingerprint density at radius 3 is 2.61 bits per heavy atom. The molecule has 0 aromatic carbocycles. The second kappa shape index (κ2) is 6.65. The van der Waals surface area contributed by atoms with Gasteiger partial charge in [-0.1, -0.05) is 0 Å². The number of rotatable bonds is 5. The van der Waals surface area contributed by atoms with Gasteiger partial charge in [-0.25, -0.2) is 13.9 Å². The summed E-state index contributed by atoms with van der Waals surface area (Å²) in [6.45, 7) is 0.0375. The minimum Gasteiger partial charge on any atom is -0.394 e. The predicted molar refractivity (Wildman–Crippen MR) is 74.4 cm³/mol. The summed E-state index contributed by atoms with van der Waals surface area (Å²) in [7, 11) is -4.86. The first-order valence-corrected chi connectivity index (χ1v) is 8.14. The standard InChI is InChI=1S/C11H17N2O9P/c1-6-3-12(9-2-7(15)8(4-14)22-9)11(17)13(10(6)16)5-21-23(18,19)20/h3,7-9,14-15H,2,4-5H2,1H3,(H2,18,19,20)/t7?,8-,9-/m1/s1. The minimum absolute atomic E-state index is 0.0160. The van der Waals surface area contributed by atoms with Gasteiger partial charge in [0.1, 0.15) is 19.1 Å². The molecule has 1 unspecified atom stereocenters. The van der Waals surface area contributed by atoms with Crippen LogP contribution in [0.25, 0.3) is 0 Å². The summed E-state index contributed by atoms with van der Waals surface area (Å²) >= 11 is 0. The maximum absolute atomic E-state index is 12.3. The normalized spacial score (nSPS) is 25.0. The zero-order valence-corrected chi connectivity index (χ0v) is 13.0. The topological polar surface area (TPSA) is 160 Å². The molecule has 0 spiro atoms. The van der Waals surface area contributed by atoms with E-state index >= 15 is 0 Å². The lowest BCUT2D eigenvalue weighted by Gasteiger charge is -2.17. The molecule has 1 fully saturated rings. The molecule has 1 aliphatic rings. The van der Waals surface area contributed by atoms with Crippen LogP contribution in [0.15, 0.2) is 15.8 Å². The van der Waals surface area contributed by atoms with Crippen molar-refractivity contribution >= 4 is 7.82 Å². The molecule has 0 radical (unpaired) electrons. The van der Waals surface area contributed by atoms with Crippen molar-refractivity contribution < 1.29 is 33.8 Å². The highest BCUT2D eigenvalue weighted by Gasteiger charge is 2.35. The molecule has 0 saturated carbocycles.